The summed E-state index contributed by atoms with van der Waals surface area (Å²) in [4.78, 5) is 2.55. The van der Waals surface area contributed by atoms with Gasteiger partial charge in [0, 0.05) is 27.7 Å². The quantitative estimate of drug-likeness (QED) is 0.165. The largest absolute Gasteiger partial charge is 0.309 e. The van der Waals surface area contributed by atoms with Crippen LogP contribution in [0.5, 0.6) is 0 Å². The summed E-state index contributed by atoms with van der Waals surface area (Å²) in [5, 5.41) is 2.44. The molecule has 0 radical (unpaired) electrons. The van der Waals surface area contributed by atoms with Gasteiger partial charge in [0.1, 0.15) is 0 Å². The van der Waals surface area contributed by atoms with Gasteiger partial charge in [-0.1, -0.05) is 196 Å². The number of anilines is 3. The van der Waals surface area contributed by atoms with E-state index in [0.29, 0.717) is 0 Å². The fraction of sp³-hybridized carbons (Fsp3) is 0.0714. The van der Waals surface area contributed by atoms with Gasteiger partial charge in [0.25, 0.3) is 0 Å². The lowest BCUT2D eigenvalue weighted by Crippen LogP contribution is -2.28. The first-order valence-corrected chi connectivity index (χ1v) is 20.0. The van der Waals surface area contributed by atoms with E-state index in [4.69, 9.17) is 0 Å². The van der Waals surface area contributed by atoms with E-state index in [0.717, 1.165) is 11.4 Å². The number of nitrogens with zero attached hydrogens (tertiary/aromatic N) is 1. The standard InChI is InChI=1S/C56H41N/c1-55(2)49-28-16-14-26-46(49)48-37-44(34-35-50(48)55)57(43-32-30-39(31-33-43)38-18-6-3-7-19-38)54-45-25-13-12-20-40(45)36-52-53(54)47-27-15-17-29-51(47)56(52,41-21-8-4-9-22-41)42-23-10-5-11-24-42/h3-37H,1-2H3. The van der Waals surface area contributed by atoms with E-state index in [1.807, 2.05) is 0 Å². The van der Waals surface area contributed by atoms with Gasteiger partial charge in [0.05, 0.1) is 11.1 Å². The maximum absolute atomic E-state index is 2.55. The van der Waals surface area contributed by atoms with Gasteiger partial charge < -0.3 is 4.90 Å². The normalized spacial score (nSPS) is 14.1. The third-order valence-corrected chi connectivity index (χ3v) is 12.7. The van der Waals surface area contributed by atoms with Crippen molar-refractivity contribution in [3.05, 3.63) is 246 Å². The molecule has 0 saturated carbocycles. The number of hydrogen-bond donors (Lipinski definition) is 0. The molecular weight excluding hydrogens is 687 g/mol. The van der Waals surface area contributed by atoms with E-state index < -0.39 is 5.41 Å². The lowest BCUT2D eigenvalue weighted by Gasteiger charge is -2.35. The van der Waals surface area contributed by atoms with Crippen LogP contribution in [0.25, 0.3) is 44.2 Å². The Morgan fingerprint density at radius 3 is 1.60 bits per heavy atom. The molecule has 0 amide bonds. The first-order chi connectivity index (χ1) is 28.0. The number of rotatable bonds is 6. The van der Waals surface area contributed by atoms with Crippen molar-refractivity contribution in [2.24, 2.45) is 0 Å². The van der Waals surface area contributed by atoms with Crippen molar-refractivity contribution in [3.63, 3.8) is 0 Å². The van der Waals surface area contributed by atoms with Crippen LogP contribution in [0.1, 0.15) is 47.2 Å². The zero-order valence-corrected chi connectivity index (χ0v) is 32.2. The van der Waals surface area contributed by atoms with E-state index in [1.165, 1.54) is 83.2 Å². The molecule has 0 atom stereocenters. The van der Waals surface area contributed by atoms with Gasteiger partial charge in [-0.3, -0.25) is 0 Å². The summed E-state index contributed by atoms with van der Waals surface area (Å²) in [6, 6.07) is 78.8. The first kappa shape index (κ1) is 33.4. The molecule has 2 aliphatic rings. The first-order valence-electron chi connectivity index (χ1n) is 20.0. The molecule has 0 spiro atoms. The Labute approximate surface area is 335 Å². The molecule has 2 aliphatic carbocycles. The highest BCUT2D eigenvalue weighted by atomic mass is 15.1. The molecule has 0 aliphatic heterocycles. The van der Waals surface area contributed by atoms with Gasteiger partial charge in [-0.25, -0.2) is 0 Å². The Hall–Kier alpha value is -6.96. The van der Waals surface area contributed by atoms with Crippen LogP contribution in [0, 0.1) is 0 Å². The fourth-order valence-corrected chi connectivity index (χ4v) is 10.2. The van der Waals surface area contributed by atoms with E-state index in [-0.39, 0.29) is 5.41 Å². The van der Waals surface area contributed by atoms with Crippen molar-refractivity contribution in [1.29, 1.82) is 0 Å². The lowest BCUT2D eigenvalue weighted by molar-refractivity contribution is 0.660. The van der Waals surface area contributed by atoms with Crippen LogP contribution in [0.4, 0.5) is 17.1 Å². The van der Waals surface area contributed by atoms with Gasteiger partial charge in [0.2, 0.25) is 0 Å². The highest BCUT2D eigenvalue weighted by Crippen LogP contribution is 2.61. The van der Waals surface area contributed by atoms with Gasteiger partial charge in [-0.15, -0.1) is 0 Å². The van der Waals surface area contributed by atoms with Gasteiger partial charge >= 0.3 is 0 Å². The van der Waals surface area contributed by atoms with Crippen LogP contribution in [0.3, 0.4) is 0 Å². The summed E-state index contributed by atoms with van der Waals surface area (Å²) in [6.07, 6.45) is 0. The highest BCUT2D eigenvalue weighted by molar-refractivity contribution is 6.11. The van der Waals surface area contributed by atoms with Crippen LogP contribution in [-0.4, -0.2) is 0 Å². The van der Waals surface area contributed by atoms with Gasteiger partial charge in [-0.05, 0) is 96.9 Å². The van der Waals surface area contributed by atoms with Gasteiger partial charge in [0.15, 0.2) is 0 Å². The Balaban J connectivity index is 1.26. The molecule has 11 rings (SSSR count). The second-order valence-corrected chi connectivity index (χ2v) is 16.0. The Morgan fingerprint density at radius 1 is 0.368 bits per heavy atom. The second kappa shape index (κ2) is 12.8. The molecule has 0 aromatic heterocycles. The van der Waals surface area contributed by atoms with Crippen molar-refractivity contribution in [2.75, 3.05) is 4.90 Å². The van der Waals surface area contributed by atoms with Crippen molar-refractivity contribution < 1.29 is 0 Å². The smallest absolute Gasteiger partial charge is 0.0714 e. The predicted molar refractivity (Wildman–Crippen MR) is 239 cm³/mol. The molecule has 0 unspecified atom stereocenters. The molecule has 1 heteroatoms. The molecule has 270 valence electrons. The van der Waals surface area contributed by atoms with E-state index in [9.17, 15) is 0 Å². The highest BCUT2D eigenvalue weighted by Gasteiger charge is 2.48. The van der Waals surface area contributed by atoms with Crippen LogP contribution >= 0.6 is 0 Å². The van der Waals surface area contributed by atoms with E-state index >= 15 is 0 Å². The average molecular weight is 728 g/mol. The van der Waals surface area contributed by atoms with Gasteiger partial charge in [-0.2, -0.15) is 0 Å². The predicted octanol–water partition coefficient (Wildman–Crippen LogP) is 14.6. The van der Waals surface area contributed by atoms with E-state index in [1.54, 1.807) is 0 Å². The third kappa shape index (κ3) is 4.89. The fourth-order valence-electron chi connectivity index (χ4n) is 10.2. The van der Waals surface area contributed by atoms with Crippen molar-refractivity contribution in [2.45, 2.75) is 24.7 Å². The monoisotopic (exact) mass is 727 g/mol. The number of hydrogen-bond acceptors (Lipinski definition) is 1. The Morgan fingerprint density at radius 2 is 0.895 bits per heavy atom. The summed E-state index contributed by atoms with van der Waals surface area (Å²) in [6.45, 7) is 4.72. The van der Waals surface area contributed by atoms with Crippen LogP contribution in [-0.2, 0) is 10.8 Å². The maximum Gasteiger partial charge on any atom is 0.0714 e. The molecule has 9 aromatic rings. The van der Waals surface area contributed by atoms with Crippen molar-refractivity contribution in [3.8, 4) is 33.4 Å². The summed E-state index contributed by atoms with van der Waals surface area (Å²) < 4.78 is 0. The Kier molecular flexibility index (Phi) is 7.50. The summed E-state index contributed by atoms with van der Waals surface area (Å²) in [5.41, 5.74) is 18.3. The summed E-state index contributed by atoms with van der Waals surface area (Å²) in [5.74, 6) is 0. The number of fused-ring (bicyclic) bond motifs is 7. The SMILES string of the molecule is CC1(C)c2ccccc2-c2cc(N(c3ccc(-c4ccccc4)cc3)c3c4c(cc5ccccc35)C(c3ccccc3)(c3ccccc3)c3ccccc3-4)ccc21. The maximum atomic E-state index is 2.55. The molecule has 0 bridgehead atoms. The second-order valence-electron chi connectivity index (χ2n) is 16.0. The summed E-state index contributed by atoms with van der Waals surface area (Å²) >= 11 is 0. The molecule has 0 fully saturated rings. The Bertz CT molecular complexity index is 2920. The molecular formula is C56H41N. The zero-order chi connectivity index (χ0) is 38.1. The molecule has 57 heavy (non-hydrogen) atoms. The van der Waals surface area contributed by atoms with E-state index in [2.05, 4.69) is 231 Å². The molecule has 0 heterocycles. The minimum Gasteiger partial charge on any atom is -0.309 e. The third-order valence-electron chi connectivity index (χ3n) is 12.7. The lowest BCUT2D eigenvalue weighted by atomic mass is 9.67. The molecule has 1 nitrogen and oxygen atoms in total. The van der Waals surface area contributed by atoms with Crippen molar-refractivity contribution in [1.82, 2.24) is 0 Å². The minimum absolute atomic E-state index is 0.0861. The molecule has 0 N–H and O–H groups in total. The molecule has 0 saturated heterocycles. The number of benzene rings is 9. The van der Waals surface area contributed by atoms with Crippen LogP contribution < -0.4 is 4.90 Å². The average Bonchev–Trinajstić information content (AvgIpc) is 3.70. The van der Waals surface area contributed by atoms with Crippen molar-refractivity contribution >= 4 is 27.8 Å². The zero-order valence-electron chi connectivity index (χ0n) is 32.2. The van der Waals surface area contributed by atoms with Crippen LogP contribution in [0.2, 0.25) is 0 Å². The topological polar surface area (TPSA) is 3.24 Å². The van der Waals surface area contributed by atoms with Crippen LogP contribution in [0.15, 0.2) is 212 Å². The minimum atomic E-state index is -0.531. The summed E-state index contributed by atoms with van der Waals surface area (Å²) in [7, 11) is 0. The molecule has 9 aromatic carbocycles.